The quantitative estimate of drug-likeness (QED) is 0.362. The largest absolute Gasteiger partial charge is 0.458 e. The number of nitrogens with zero attached hydrogens (tertiary/aromatic N) is 1. The van der Waals surface area contributed by atoms with E-state index in [1.54, 1.807) is 53.7 Å². The van der Waals surface area contributed by atoms with Crippen molar-refractivity contribution < 1.29 is 28.6 Å². The van der Waals surface area contributed by atoms with Crippen LogP contribution in [-0.4, -0.2) is 54.3 Å². The molecule has 0 rings (SSSR count). The molecule has 0 unspecified atom stereocenters. The molecule has 1 amide bonds. The molecule has 0 radical (unpaired) electrons. The van der Waals surface area contributed by atoms with Crippen LogP contribution in [-0.2, 0) is 23.8 Å². The molecular weight excluding hydrogens is 350 g/mol. The van der Waals surface area contributed by atoms with Crippen molar-refractivity contribution in [1.29, 1.82) is 0 Å². The molecule has 0 saturated carbocycles. The number of amides is 1. The first-order chi connectivity index (χ1) is 12.3. The van der Waals surface area contributed by atoms with Crippen molar-refractivity contribution in [3.63, 3.8) is 0 Å². The summed E-state index contributed by atoms with van der Waals surface area (Å²) in [4.78, 5) is 38.0. The van der Waals surface area contributed by atoms with Gasteiger partial charge in [-0.15, -0.1) is 0 Å². The second-order valence-electron chi connectivity index (χ2n) is 7.53. The third kappa shape index (κ3) is 8.75. The standard InChI is InChI=1S/C20H33NO6/c1-10-15(11-2)12-25-17(22)14(5)26-18(23)16(13(3)4)21(9)19(24)27-20(6,7)8/h10-11,13-14,16H,1,12H2,2-9H3/b15-11+/t14-,16+/m1/s1. The smallest absolute Gasteiger partial charge is 0.410 e. The number of hydrogen-bond acceptors (Lipinski definition) is 6. The zero-order valence-electron chi connectivity index (χ0n) is 17.7. The maximum absolute atomic E-state index is 12.6. The van der Waals surface area contributed by atoms with Crippen LogP contribution in [0.1, 0.15) is 48.5 Å². The van der Waals surface area contributed by atoms with Gasteiger partial charge in [-0.25, -0.2) is 14.4 Å². The van der Waals surface area contributed by atoms with E-state index >= 15 is 0 Å². The molecule has 0 aromatic carbocycles. The van der Waals surface area contributed by atoms with Crippen molar-refractivity contribution in [2.24, 2.45) is 5.92 Å². The fourth-order valence-corrected chi connectivity index (χ4v) is 2.15. The van der Waals surface area contributed by atoms with E-state index in [0.717, 1.165) is 5.57 Å². The Morgan fingerprint density at radius 3 is 2.07 bits per heavy atom. The molecule has 0 aliphatic carbocycles. The van der Waals surface area contributed by atoms with E-state index in [1.165, 1.54) is 18.9 Å². The molecule has 0 aromatic rings. The van der Waals surface area contributed by atoms with Gasteiger partial charge in [-0.05, 0) is 46.1 Å². The number of allylic oxidation sites excluding steroid dienone is 1. The molecule has 2 atom stereocenters. The molecule has 0 aliphatic rings. The van der Waals surface area contributed by atoms with Crippen LogP contribution < -0.4 is 0 Å². The van der Waals surface area contributed by atoms with Crippen LogP contribution in [0.15, 0.2) is 24.3 Å². The first-order valence-electron chi connectivity index (χ1n) is 8.94. The fourth-order valence-electron chi connectivity index (χ4n) is 2.15. The van der Waals surface area contributed by atoms with E-state index in [2.05, 4.69) is 6.58 Å². The van der Waals surface area contributed by atoms with Crippen LogP contribution in [0.5, 0.6) is 0 Å². The molecule has 0 spiro atoms. The number of hydrogen-bond donors (Lipinski definition) is 0. The van der Waals surface area contributed by atoms with Gasteiger partial charge in [0, 0.05) is 7.05 Å². The predicted molar refractivity (Wildman–Crippen MR) is 103 cm³/mol. The van der Waals surface area contributed by atoms with Crippen LogP contribution in [0.4, 0.5) is 4.79 Å². The van der Waals surface area contributed by atoms with E-state index < -0.39 is 35.8 Å². The lowest BCUT2D eigenvalue weighted by Crippen LogP contribution is -2.49. The average Bonchev–Trinajstić information content (AvgIpc) is 2.53. The number of likely N-dealkylation sites (N-methyl/N-ethyl adjacent to an activating group) is 1. The van der Waals surface area contributed by atoms with Gasteiger partial charge < -0.3 is 14.2 Å². The lowest BCUT2D eigenvalue weighted by atomic mass is 10.0. The van der Waals surface area contributed by atoms with Crippen molar-refractivity contribution in [2.75, 3.05) is 13.7 Å². The Kier molecular flexibility index (Phi) is 9.83. The number of rotatable bonds is 8. The lowest BCUT2D eigenvalue weighted by molar-refractivity contribution is -0.169. The zero-order chi connectivity index (χ0) is 21.4. The normalized spacial score (nSPS) is 14.2. The second kappa shape index (κ2) is 10.7. The Morgan fingerprint density at radius 2 is 1.67 bits per heavy atom. The molecule has 7 heteroatoms. The molecule has 0 fully saturated rings. The van der Waals surface area contributed by atoms with Crippen LogP contribution in [0.25, 0.3) is 0 Å². The monoisotopic (exact) mass is 383 g/mol. The summed E-state index contributed by atoms with van der Waals surface area (Å²) >= 11 is 0. The number of carbonyl (C=O) groups is 3. The zero-order valence-corrected chi connectivity index (χ0v) is 17.7. The Bertz CT molecular complexity index is 574. The minimum Gasteiger partial charge on any atom is -0.458 e. The maximum atomic E-state index is 12.6. The van der Waals surface area contributed by atoms with Crippen molar-refractivity contribution in [3.8, 4) is 0 Å². The van der Waals surface area contributed by atoms with Gasteiger partial charge in [0.2, 0.25) is 0 Å². The van der Waals surface area contributed by atoms with Crippen LogP contribution in [0, 0.1) is 5.92 Å². The average molecular weight is 383 g/mol. The molecule has 0 aromatic heterocycles. The summed E-state index contributed by atoms with van der Waals surface area (Å²) in [5.74, 6) is -1.61. The van der Waals surface area contributed by atoms with Gasteiger partial charge in [0.15, 0.2) is 6.10 Å². The summed E-state index contributed by atoms with van der Waals surface area (Å²) in [5.41, 5.74) is 0.0513. The molecule has 0 saturated heterocycles. The maximum Gasteiger partial charge on any atom is 0.410 e. The summed E-state index contributed by atoms with van der Waals surface area (Å²) in [5, 5.41) is 0. The highest BCUT2D eigenvalue weighted by molar-refractivity contribution is 5.84. The van der Waals surface area contributed by atoms with E-state index in [-0.39, 0.29) is 12.5 Å². The second-order valence-corrected chi connectivity index (χ2v) is 7.53. The van der Waals surface area contributed by atoms with Crippen LogP contribution in [0.2, 0.25) is 0 Å². The highest BCUT2D eigenvalue weighted by Gasteiger charge is 2.35. The molecule has 0 heterocycles. The number of ether oxygens (including phenoxy) is 3. The minimum absolute atomic E-state index is 0.0478. The van der Waals surface area contributed by atoms with E-state index in [0.29, 0.717) is 0 Å². The molecule has 0 bridgehead atoms. The topological polar surface area (TPSA) is 82.1 Å². The first-order valence-corrected chi connectivity index (χ1v) is 8.94. The number of carbonyl (C=O) groups excluding carboxylic acids is 3. The lowest BCUT2D eigenvalue weighted by Gasteiger charge is -2.32. The van der Waals surface area contributed by atoms with Gasteiger partial charge in [-0.2, -0.15) is 0 Å². The molecule has 154 valence electrons. The van der Waals surface area contributed by atoms with E-state index in [1.807, 2.05) is 0 Å². The molecule has 0 N–H and O–H groups in total. The van der Waals surface area contributed by atoms with Gasteiger partial charge >= 0.3 is 18.0 Å². The summed E-state index contributed by atoms with van der Waals surface area (Å²) in [7, 11) is 1.46. The van der Waals surface area contributed by atoms with Crippen LogP contribution in [0.3, 0.4) is 0 Å². The molecular formula is C20H33NO6. The van der Waals surface area contributed by atoms with Crippen molar-refractivity contribution in [2.45, 2.75) is 66.2 Å². The van der Waals surface area contributed by atoms with Gasteiger partial charge in [-0.1, -0.05) is 32.6 Å². The van der Waals surface area contributed by atoms with E-state index in [9.17, 15) is 14.4 Å². The first kappa shape index (κ1) is 24.7. The number of esters is 2. The summed E-state index contributed by atoms with van der Waals surface area (Å²) < 4.78 is 15.6. The van der Waals surface area contributed by atoms with Crippen molar-refractivity contribution in [3.05, 3.63) is 24.3 Å². The Hall–Kier alpha value is -2.31. The Balaban J connectivity index is 5.00. The van der Waals surface area contributed by atoms with Gasteiger partial charge in [0.05, 0.1) is 0 Å². The fraction of sp³-hybridized carbons (Fsp3) is 0.650. The summed E-state index contributed by atoms with van der Waals surface area (Å²) in [6.07, 6.45) is 1.60. The summed E-state index contributed by atoms with van der Waals surface area (Å²) in [6.45, 7) is 15.7. The van der Waals surface area contributed by atoms with Crippen molar-refractivity contribution >= 4 is 18.0 Å². The third-order valence-electron chi connectivity index (χ3n) is 3.61. The third-order valence-corrected chi connectivity index (χ3v) is 3.61. The molecule has 0 aliphatic heterocycles. The van der Waals surface area contributed by atoms with Gasteiger partial charge in [0.25, 0.3) is 0 Å². The Morgan fingerprint density at radius 1 is 1.11 bits per heavy atom. The van der Waals surface area contributed by atoms with Crippen LogP contribution >= 0.6 is 0 Å². The molecule has 27 heavy (non-hydrogen) atoms. The SMILES string of the molecule is C=C/C(=C\C)COC(=O)[C@@H](C)OC(=O)[C@H](C(C)C)N(C)C(=O)OC(C)(C)C. The van der Waals surface area contributed by atoms with Gasteiger partial charge in [-0.3, -0.25) is 4.90 Å². The van der Waals surface area contributed by atoms with E-state index in [4.69, 9.17) is 14.2 Å². The highest BCUT2D eigenvalue weighted by Crippen LogP contribution is 2.17. The Labute approximate surface area is 162 Å². The van der Waals surface area contributed by atoms with Crippen molar-refractivity contribution in [1.82, 2.24) is 4.90 Å². The molecule has 7 nitrogen and oxygen atoms in total. The minimum atomic E-state index is -1.10. The highest BCUT2D eigenvalue weighted by atomic mass is 16.6. The van der Waals surface area contributed by atoms with Gasteiger partial charge in [0.1, 0.15) is 18.2 Å². The summed E-state index contributed by atoms with van der Waals surface area (Å²) in [6, 6.07) is -0.894. The predicted octanol–water partition coefficient (Wildman–Crippen LogP) is 3.49.